The van der Waals surface area contributed by atoms with Gasteiger partial charge in [0.1, 0.15) is 13.8 Å². The van der Waals surface area contributed by atoms with E-state index in [4.69, 9.17) is 4.74 Å². The number of amides is 1. The molecule has 0 aliphatic heterocycles. The molecule has 0 aromatic heterocycles. The molecule has 0 saturated carbocycles. The molecule has 18 heavy (non-hydrogen) atoms. The lowest BCUT2D eigenvalue weighted by molar-refractivity contribution is -0.114. The highest BCUT2D eigenvalue weighted by Crippen LogP contribution is 2.22. The Bertz CT molecular complexity index is 507. The smallest absolute Gasteiger partial charge is 0.221 e. The minimum Gasteiger partial charge on any atom is -0.497 e. The first-order chi connectivity index (χ1) is 8.31. The number of methoxy groups -OCH3 is 1. The maximum atomic E-state index is 11.2. The van der Waals surface area contributed by atoms with Crippen molar-refractivity contribution in [3.63, 3.8) is 0 Å². The lowest BCUT2D eigenvalue weighted by atomic mass is 10.1. The van der Waals surface area contributed by atoms with Gasteiger partial charge in [0.15, 0.2) is 0 Å². The Morgan fingerprint density at radius 2 is 2.00 bits per heavy atom. The van der Waals surface area contributed by atoms with Gasteiger partial charge in [-0.15, -0.1) is 5.54 Å². The predicted molar refractivity (Wildman–Crippen MR) is 77.5 cm³/mol. The van der Waals surface area contributed by atoms with Crippen molar-refractivity contribution in [2.75, 3.05) is 12.4 Å². The first kappa shape index (κ1) is 14.3. The maximum Gasteiger partial charge on any atom is 0.221 e. The fourth-order valence-electron chi connectivity index (χ4n) is 1.31. The normalized spacial score (nSPS) is 10.3. The van der Waals surface area contributed by atoms with Crippen molar-refractivity contribution in [2.45, 2.75) is 26.6 Å². The molecule has 0 spiro atoms. The summed E-state index contributed by atoms with van der Waals surface area (Å²) in [6.45, 7) is 8.03. The highest BCUT2D eigenvalue weighted by Gasteiger charge is 2.09. The van der Waals surface area contributed by atoms with Gasteiger partial charge in [0.05, 0.1) is 12.8 Å². The van der Waals surface area contributed by atoms with Crippen molar-refractivity contribution in [2.24, 2.45) is 0 Å². The summed E-state index contributed by atoms with van der Waals surface area (Å²) in [6, 6.07) is 5.51. The molecule has 1 N–H and O–H groups in total. The van der Waals surface area contributed by atoms with Crippen LogP contribution in [0.25, 0.3) is 0 Å². The van der Waals surface area contributed by atoms with Gasteiger partial charge in [0.2, 0.25) is 5.91 Å². The first-order valence-electron chi connectivity index (χ1n) is 5.80. The van der Waals surface area contributed by atoms with Crippen molar-refractivity contribution < 1.29 is 9.53 Å². The Balaban J connectivity index is 3.16. The number of anilines is 1. The molecule has 4 heteroatoms. The standard InChI is InChI=1S/C14H19NO2Si/c1-11(16)15-14-10-13(17-2)7-6-12(14)8-9-18(3,4)5/h6-7,10H,1-5H3,(H,15,16). The van der Waals surface area contributed by atoms with Crippen molar-refractivity contribution in [3.8, 4) is 17.2 Å². The van der Waals surface area contributed by atoms with E-state index in [-0.39, 0.29) is 5.91 Å². The van der Waals surface area contributed by atoms with Gasteiger partial charge in [-0.1, -0.05) is 25.6 Å². The number of carbonyl (C=O) groups is 1. The fourth-order valence-corrected chi connectivity index (χ4v) is 1.82. The van der Waals surface area contributed by atoms with E-state index in [0.717, 1.165) is 5.56 Å². The zero-order valence-electron chi connectivity index (χ0n) is 11.5. The third-order valence-corrected chi connectivity index (χ3v) is 2.98. The van der Waals surface area contributed by atoms with E-state index in [1.165, 1.54) is 6.92 Å². The van der Waals surface area contributed by atoms with Crippen LogP contribution in [0.15, 0.2) is 18.2 Å². The lowest BCUT2D eigenvalue weighted by Crippen LogP contribution is -2.16. The van der Waals surface area contributed by atoms with E-state index in [1.54, 1.807) is 13.2 Å². The highest BCUT2D eigenvalue weighted by molar-refractivity contribution is 6.83. The quantitative estimate of drug-likeness (QED) is 0.656. The molecule has 1 aromatic rings. The molecular formula is C14H19NO2Si. The molecule has 3 nitrogen and oxygen atoms in total. The van der Waals surface area contributed by atoms with Crippen LogP contribution in [0.2, 0.25) is 19.6 Å². The molecule has 1 aromatic carbocycles. The van der Waals surface area contributed by atoms with E-state index in [9.17, 15) is 4.79 Å². The van der Waals surface area contributed by atoms with Crippen LogP contribution < -0.4 is 10.1 Å². The Morgan fingerprint density at radius 1 is 1.33 bits per heavy atom. The number of rotatable bonds is 2. The van der Waals surface area contributed by atoms with Crippen LogP contribution in [-0.2, 0) is 4.79 Å². The molecule has 1 rings (SSSR count). The van der Waals surface area contributed by atoms with Gasteiger partial charge in [-0.25, -0.2) is 0 Å². The van der Waals surface area contributed by atoms with Gasteiger partial charge in [-0.05, 0) is 12.1 Å². The van der Waals surface area contributed by atoms with Gasteiger partial charge < -0.3 is 10.1 Å². The Morgan fingerprint density at radius 3 is 2.50 bits per heavy atom. The Hall–Kier alpha value is -1.73. The second-order valence-corrected chi connectivity index (χ2v) is 9.84. The second-order valence-electron chi connectivity index (χ2n) is 5.09. The van der Waals surface area contributed by atoms with Gasteiger partial charge in [-0.3, -0.25) is 4.79 Å². The van der Waals surface area contributed by atoms with Crippen molar-refractivity contribution in [1.82, 2.24) is 0 Å². The lowest BCUT2D eigenvalue weighted by Gasteiger charge is -2.09. The number of ether oxygens (including phenoxy) is 1. The van der Waals surface area contributed by atoms with Crippen LogP contribution in [0, 0.1) is 11.5 Å². The minimum absolute atomic E-state index is 0.112. The van der Waals surface area contributed by atoms with Gasteiger partial charge >= 0.3 is 0 Å². The molecular weight excluding hydrogens is 242 g/mol. The summed E-state index contributed by atoms with van der Waals surface area (Å²) < 4.78 is 5.15. The van der Waals surface area contributed by atoms with E-state index in [2.05, 4.69) is 36.4 Å². The van der Waals surface area contributed by atoms with Crippen molar-refractivity contribution in [3.05, 3.63) is 23.8 Å². The van der Waals surface area contributed by atoms with E-state index >= 15 is 0 Å². The average molecular weight is 261 g/mol. The summed E-state index contributed by atoms with van der Waals surface area (Å²) in [5.41, 5.74) is 4.81. The molecule has 0 saturated heterocycles. The van der Waals surface area contributed by atoms with Gasteiger partial charge in [0.25, 0.3) is 0 Å². The predicted octanol–water partition coefficient (Wildman–Crippen LogP) is 2.88. The zero-order valence-corrected chi connectivity index (χ0v) is 12.5. The van der Waals surface area contributed by atoms with Crippen LogP contribution in [0.4, 0.5) is 5.69 Å². The van der Waals surface area contributed by atoms with Crippen LogP contribution in [0.3, 0.4) is 0 Å². The molecule has 0 aliphatic rings. The summed E-state index contributed by atoms with van der Waals surface area (Å²) in [5, 5.41) is 2.78. The first-order valence-corrected chi connectivity index (χ1v) is 9.30. The largest absolute Gasteiger partial charge is 0.497 e. The number of nitrogens with one attached hydrogen (secondary N) is 1. The monoisotopic (exact) mass is 261 g/mol. The number of carbonyl (C=O) groups excluding carboxylic acids is 1. The summed E-state index contributed by atoms with van der Waals surface area (Å²) in [6.07, 6.45) is 0. The van der Waals surface area contributed by atoms with Crippen LogP contribution in [0.1, 0.15) is 12.5 Å². The van der Waals surface area contributed by atoms with Crippen LogP contribution in [-0.4, -0.2) is 21.1 Å². The van der Waals surface area contributed by atoms with E-state index in [0.29, 0.717) is 11.4 Å². The third-order valence-electron chi connectivity index (χ3n) is 2.11. The molecule has 0 aliphatic carbocycles. The Kier molecular flexibility index (Phi) is 4.57. The van der Waals surface area contributed by atoms with Crippen LogP contribution >= 0.6 is 0 Å². The number of hydrogen-bond donors (Lipinski definition) is 1. The van der Waals surface area contributed by atoms with Crippen molar-refractivity contribution >= 4 is 19.7 Å². The van der Waals surface area contributed by atoms with Gasteiger partial charge in [0, 0.05) is 18.6 Å². The maximum absolute atomic E-state index is 11.2. The molecule has 0 unspecified atom stereocenters. The number of benzene rings is 1. The summed E-state index contributed by atoms with van der Waals surface area (Å²) in [4.78, 5) is 11.2. The van der Waals surface area contributed by atoms with Crippen molar-refractivity contribution in [1.29, 1.82) is 0 Å². The molecule has 96 valence electrons. The van der Waals surface area contributed by atoms with Crippen LogP contribution in [0.5, 0.6) is 5.75 Å². The fraction of sp³-hybridized carbons (Fsp3) is 0.357. The highest BCUT2D eigenvalue weighted by atomic mass is 28.3. The molecule has 0 atom stereocenters. The van der Waals surface area contributed by atoms with E-state index in [1.807, 2.05) is 12.1 Å². The summed E-state index contributed by atoms with van der Waals surface area (Å²) >= 11 is 0. The summed E-state index contributed by atoms with van der Waals surface area (Å²) in [7, 11) is 0.168. The zero-order chi connectivity index (χ0) is 13.8. The molecule has 0 heterocycles. The number of hydrogen-bond acceptors (Lipinski definition) is 2. The SMILES string of the molecule is COc1ccc(C#C[Si](C)(C)C)c(NC(C)=O)c1. The van der Waals surface area contributed by atoms with E-state index < -0.39 is 8.07 Å². The molecule has 0 bridgehead atoms. The minimum atomic E-state index is -1.43. The topological polar surface area (TPSA) is 38.3 Å². The second kappa shape index (κ2) is 5.74. The average Bonchev–Trinajstić information content (AvgIpc) is 2.25. The molecule has 0 radical (unpaired) electrons. The molecule has 1 amide bonds. The Labute approximate surface area is 110 Å². The third kappa shape index (κ3) is 4.64. The summed E-state index contributed by atoms with van der Waals surface area (Å²) in [5.74, 6) is 3.75. The molecule has 0 fully saturated rings. The van der Waals surface area contributed by atoms with Gasteiger partial charge in [-0.2, -0.15) is 0 Å².